The van der Waals surface area contributed by atoms with Gasteiger partial charge in [0.05, 0.1) is 0 Å². The Kier molecular flexibility index (Phi) is 3.22. The predicted octanol–water partition coefficient (Wildman–Crippen LogP) is -0.812. The van der Waals surface area contributed by atoms with Gasteiger partial charge in [0.15, 0.2) is 0 Å². The molecule has 0 bridgehead atoms. The van der Waals surface area contributed by atoms with Gasteiger partial charge in [-0.25, -0.2) is 9.59 Å². The third-order valence-electron chi connectivity index (χ3n) is 1.79. The van der Waals surface area contributed by atoms with Crippen LogP contribution < -0.4 is 11.2 Å². The normalized spacial score (nSPS) is 10.7. The van der Waals surface area contributed by atoms with Crippen molar-refractivity contribution in [3.8, 4) is 0 Å². The number of aromatic nitrogens is 2. The first-order valence-electron chi connectivity index (χ1n) is 4.18. The van der Waals surface area contributed by atoms with Crippen LogP contribution in [0.4, 0.5) is 0 Å². The molecule has 0 fully saturated rings. The largest absolute Gasteiger partial charge is 0.478 e. The van der Waals surface area contributed by atoms with Crippen LogP contribution in [0.25, 0.3) is 0 Å². The van der Waals surface area contributed by atoms with Gasteiger partial charge in [-0.05, 0) is 0 Å². The number of nitrogens with zero attached hydrogens (tertiary/aromatic N) is 2. The Balaban J connectivity index is 3.05. The van der Waals surface area contributed by atoms with Gasteiger partial charge >= 0.3 is 11.7 Å². The van der Waals surface area contributed by atoms with Crippen molar-refractivity contribution >= 4 is 5.97 Å². The van der Waals surface area contributed by atoms with Crippen molar-refractivity contribution in [1.82, 2.24) is 9.13 Å². The summed E-state index contributed by atoms with van der Waals surface area (Å²) in [4.78, 5) is 32.8. The molecular weight excluding hydrogens is 200 g/mol. The van der Waals surface area contributed by atoms with Crippen molar-refractivity contribution in [1.29, 1.82) is 0 Å². The number of aryl methyl sites for hydroxylation is 1. The van der Waals surface area contributed by atoms with Crippen LogP contribution in [-0.4, -0.2) is 20.2 Å². The predicted molar refractivity (Wildman–Crippen MR) is 52.7 cm³/mol. The molecule has 80 valence electrons. The molecule has 0 saturated heterocycles. The molecule has 6 heteroatoms. The fourth-order valence-corrected chi connectivity index (χ4v) is 1.04. The Morgan fingerprint density at radius 1 is 1.53 bits per heavy atom. The monoisotopic (exact) mass is 210 g/mol. The van der Waals surface area contributed by atoms with Gasteiger partial charge in [-0.1, -0.05) is 6.08 Å². The topological polar surface area (TPSA) is 81.3 Å². The fraction of sp³-hybridized carbons (Fsp3) is 0.222. The van der Waals surface area contributed by atoms with E-state index in [1.807, 2.05) is 0 Å². The van der Waals surface area contributed by atoms with E-state index in [0.717, 1.165) is 10.6 Å². The summed E-state index contributed by atoms with van der Waals surface area (Å²) in [5.74, 6) is -1.11. The SMILES string of the molecule is Cn1ccc(=O)n(CC=CC(=O)O)c1=O. The van der Waals surface area contributed by atoms with E-state index in [1.165, 1.54) is 30.0 Å². The van der Waals surface area contributed by atoms with E-state index in [1.54, 1.807) is 0 Å². The summed E-state index contributed by atoms with van der Waals surface area (Å²) in [5, 5.41) is 8.33. The van der Waals surface area contributed by atoms with E-state index in [9.17, 15) is 14.4 Å². The third-order valence-corrected chi connectivity index (χ3v) is 1.79. The van der Waals surface area contributed by atoms with Crippen LogP contribution in [0, 0.1) is 0 Å². The maximum atomic E-state index is 11.4. The minimum absolute atomic E-state index is 0.0430. The van der Waals surface area contributed by atoms with Crippen molar-refractivity contribution in [2.75, 3.05) is 0 Å². The molecular formula is C9H10N2O4. The highest BCUT2D eigenvalue weighted by molar-refractivity contribution is 5.79. The number of hydrogen-bond acceptors (Lipinski definition) is 3. The second-order valence-electron chi connectivity index (χ2n) is 2.90. The lowest BCUT2D eigenvalue weighted by Crippen LogP contribution is -2.37. The standard InChI is InChI=1S/C9H10N2O4/c1-10-6-4-7(12)11(9(10)15)5-2-3-8(13)14/h2-4,6H,5H2,1H3,(H,13,14). The smallest absolute Gasteiger partial charge is 0.330 e. The second kappa shape index (κ2) is 4.41. The minimum atomic E-state index is -1.11. The number of carbonyl (C=O) groups is 1. The van der Waals surface area contributed by atoms with Crippen molar-refractivity contribution < 1.29 is 9.90 Å². The highest BCUT2D eigenvalue weighted by atomic mass is 16.4. The summed E-state index contributed by atoms with van der Waals surface area (Å²) in [7, 11) is 1.51. The van der Waals surface area contributed by atoms with E-state index in [-0.39, 0.29) is 6.54 Å². The molecule has 1 rings (SSSR count). The molecule has 0 spiro atoms. The molecule has 1 N–H and O–H groups in total. The number of carboxylic acids is 1. The molecule has 6 nitrogen and oxygen atoms in total. The van der Waals surface area contributed by atoms with Crippen LogP contribution >= 0.6 is 0 Å². The highest BCUT2D eigenvalue weighted by Gasteiger charge is 2.00. The van der Waals surface area contributed by atoms with Crippen molar-refractivity contribution in [2.24, 2.45) is 7.05 Å². The van der Waals surface area contributed by atoms with E-state index in [4.69, 9.17) is 5.11 Å². The van der Waals surface area contributed by atoms with E-state index >= 15 is 0 Å². The first-order valence-corrected chi connectivity index (χ1v) is 4.18. The first kappa shape index (κ1) is 11.0. The number of aliphatic carboxylic acids is 1. The maximum absolute atomic E-state index is 11.4. The highest BCUT2D eigenvalue weighted by Crippen LogP contribution is 1.78. The lowest BCUT2D eigenvalue weighted by molar-refractivity contribution is -0.131. The van der Waals surface area contributed by atoms with Gasteiger partial charge < -0.3 is 9.67 Å². The van der Waals surface area contributed by atoms with Crippen LogP contribution in [0.1, 0.15) is 0 Å². The summed E-state index contributed by atoms with van der Waals surface area (Å²) in [6, 6.07) is 1.25. The van der Waals surface area contributed by atoms with Crippen molar-refractivity contribution in [3.63, 3.8) is 0 Å². The van der Waals surface area contributed by atoms with Gasteiger partial charge in [0.1, 0.15) is 0 Å². The van der Waals surface area contributed by atoms with Gasteiger partial charge in [-0.2, -0.15) is 0 Å². The molecule has 1 aromatic rings. The van der Waals surface area contributed by atoms with Crippen LogP contribution in [0.5, 0.6) is 0 Å². The zero-order valence-corrected chi connectivity index (χ0v) is 8.08. The lowest BCUT2D eigenvalue weighted by atomic mass is 10.4. The second-order valence-corrected chi connectivity index (χ2v) is 2.90. The lowest BCUT2D eigenvalue weighted by Gasteiger charge is -2.02. The molecule has 15 heavy (non-hydrogen) atoms. The first-order chi connectivity index (χ1) is 7.02. The van der Waals surface area contributed by atoms with Gasteiger partial charge in [-0.15, -0.1) is 0 Å². The molecule has 0 atom stereocenters. The third kappa shape index (κ3) is 2.67. The number of allylic oxidation sites excluding steroid dienone is 1. The Morgan fingerprint density at radius 3 is 2.80 bits per heavy atom. The fourth-order valence-electron chi connectivity index (χ4n) is 1.04. The van der Waals surface area contributed by atoms with Crippen LogP contribution in [0.15, 0.2) is 34.0 Å². The number of carboxylic acid groups (broad SMARTS) is 1. The molecule has 0 aliphatic rings. The van der Waals surface area contributed by atoms with Gasteiger partial charge in [0.25, 0.3) is 5.56 Å². The molecule has 0 radical (unpaired) electrons. The summed E-state index contributed by atoms with van der Waals surface area (Å²) >= 11 is 0. The van der Waals surface area contributed by atoms with Gasteiger partial charge in [0.2, 0.25) is 0 Å². The zero-order chi connectivity index (χ0) is 11.4. The Bertz CT molecular complexity index is 510. The molecule has 0 unspecified atom stereocenters. The molecule has 1 heterocycles. The average Bonchev–Trinajstić information content (AvgIpc) is 2.17. The van der Waals surface area contributed by atoms with E-state index in [0.29, 0.717) is 0 Å². The van der Waals surface area contributed by atoms with Crippen LogP contribution in [-0.2, 0) is 18.4 Å². The van der Waals surface area contributed by atoms with Crippen LogP contribution in [0.3, 0.4) is 0 Å². The Hall–Kier alpha value is -2.11. The van der Waals surface area contributed by atoms with Crippen molar-refractivity contribution in [2.45, 2.75) is 6.54 Å². The molecule has 0 aliphatic heterocycles. The van der Waals surface area contributed by atoms with Gasteiger partial charge in [-0.3, -0.25) is 9.36 Å². The van der Waals surface area contributed by atoms with Crippen LogP contribution in [0.2, 0.25) is 0 Å². The van der Waals surface area contributed by atoms with Gasteiger partial charge in [0, 0.05) is 31.9 Å². The Morgan fingerprint density at radius 2 is 2.20 bits per heavy atom. The summed E-state index contributed by atoms with van der Waals surface area (Å²) < 4.78 is 2.19. The Labute approximate surface area is 84.7 Å². The number of hydrogen-bond donors (Lipinski definition) is 1. The quantitative estimate of drug-likeness (QED) is 0.661. The maximum Gasteiger partial charge on any atom is 0.330 e. The van der Waals surface area contributed by atoms with E-state index in [2.05, 4.69) is 0 Å². The molecule has 0 aromatic carbocycles. The molecule has 0 aliphatic carbocycles. The average molecular weight is 210 g/mol. The minimum Gasteiger partial charge on any atom is -0.478 e. The zero-order valence-electron chi connectivity index (χ0n) is 8.08. The molecule has 1 aromatic heterocycles. The van der Waals surface area contributed by atoms with Crippen molar-refractivity contribution in [3.05, 3.63) is 45.3 Å². The molecule has 0 amide bonds. The summed E-state index contributed by atoms with van der Waals surface area (Å²) in [5.41, 5.74) is -0.925. The molecule has 0 saturated carbocycles. The summed E-state index contributed by atoms with van der Waals surface area (Å²) in [6.07, 6.45) is 3.49. The summed E-state index contributed by atoms with van der Waals surface area (Å²) in [6.45, 7) is -0.0430. The van der Waals surface area contributed by atoms with E-state index < -0.39 is 17.2 Å². The number of rotatable bonds is 3.